The van der Waals surface area contributed by atoms with Crippen LogP contribution in [-0.2, 0) is 6.42 Å². The molecule has 1 aliphatic heterocycles. The van der Waals surface area contributed by atoms with Gasteiger partial charge in [0.2, 0.25) is 0 Å². The van der Waals surface area contributed by atoms with Crippen LogP contribution in [0.3, 0.4) is 0 Å². The normalized spacial score (nSPS) is 15.9. The van der Waals surface area contributed by atoms with E-state index >= 15 is 0 Å². The Bertz CT molecular complexity index is 944. The van der Waals surface area contributed by atoms with Crippen LogP contribution in [0.4, 0.5) is 0 Å². The Morgan fingerprint density at radius 3 is 2.65 bits per heavy atom. The van der Waals surface area contributed by atoms with Crippen molar-refractivity contribution in [3.63, 3.8) is 0 Å². The number of aliphatic hydroxyl groups is 1. The molecular weight excluding hydrogens is 342 g/mol. The number of amidine groups is 1. The van der Waals surface area contributed by atoms with E-state index in [0.29, 0.717) is 18.0 Å². The first kappa shape index (κ1) is 16.8. The molecule has 0 amide bonds. The molecular formula is C21H21N3OS. The standard InChI is InChI=1S/C21H21N3OS/c1-14(11-12-15-7-3-2-4-8-15)24-13-17(25)19(20(24)22)21-23-16-9-5-6-10-18(16)26-21/h2-10,14,22,25H,11-13H2,1H3. The molecule has 0 aliphatic carbocycles. The molecule has 0 saturated carbocycles. The average molecular weight is 363 g/mol. The van der Waals surface area contributed by atoms with Crippen molar-refractivity contribution in [3.8, 4) is 0 Å². The minimum absolute atomic E-state index is 0.178. The summed E-state index contributed by atoms with van der Waals surface area (Å²) in [7, 11) is 0. The maximum atomic E-state index is 10.5. The smallest absolute Gasteiger partial charge is 0.135 e. The second kappa shape index (κ2) is 6.92. The summed E-state index contributed by atoms with van der Waals surface area (Å²) in [6.45, 7) is 2.51. The van der Waals surface area contributed by atoms with E-state index in [2.05, 4.69) is 36.2 Å². The fraction of sp³-hybridized carbons (Fsp3) is 0.238. The highest BCUT2D eigenvalue weighted by Gasteiger charge is 2.32. The molecule has 0 spiro atoms. The number of aromatic nitrogens is 1. The number of nitrogens with one attached hydrogen (secondary N) is 1. The molecule has 0 bridgehead atoms. The van der Waals surface area contributed by atoms with Crippen LogP contribution in [0.1, 0.15) is 23.9 Å². The fourth-order valence-corrected chi connectivity index (χ4v) is 4.39. The molecule has 2 heterocycles. The Morgan fingerprint density at radius 1 is 1.15 bits per heavy atom. The Kier molecular flexibility index (Phi) is 4.47. The average Bonchev–Trinajstić information content (AvgIpc) is 3.20. The summed E-state index contributed by atoms with van der Waals surface area (Å²) in [5, 5.41) is 19.8. The lowest BCUT2D eigenvalue weighted by Crippen LogP contribution is -2.35. The monoisotopic (exact) mass is 363 g/mol. The lowest BCUT2D eigenvalue weighted by atomic mass is 10.1. The van der Waals surface area contributed by atoms with Crippen LogP contribution in [0, 0.1) is 5.41 Å². The second-order valence-corrected chi connectivity index (χ2v) is 7.69. The summed E-state index contributed by atoms with van der Waals surface area (Å²) in [6.07, 6.45) is 1.90. The molecule has 26 heavy (non-hydrogen) atoms. The van der Waals surface area contributed by atoms with Crippen molar-refractivity contribution in [2.75, 3.05) is 6.54 Å². The van der Waals surface area contributed by atoms with E-state index in [9.17, 15) is 5.11 Å². The van der Waals surface area contributed by atoms with E-state index in [1.165, 1.54) is 16.9 Å². The van der Waals surface area contributed by atoms with Crippen LogP contribution in [0.5, 0.6) is 0 Å². The van der Waals surface area contributed by atoms with Gasteiger partial charge in [0.15, 0.2) is 0 Å². The molecule has 132 valence electrons. The molecule has 1 unspecified atom stereocenters. The SMILES string of the molecule is CC(CCc1ccccc1)N1CC(O)=C(c2nc3ccccc3s2)C1=N. The minimum Gasteiger partial charge on any atom is -0.510 e. The molecule has 3 aromatic rings. The highest BCUT2D eigenvalue weighted by molar-refractivity contribution is 7.19. The van der Waals surface area contributed by atoms with Gasteiger partial charge in [-0.2, -0.15) is 0 Å². The first-order valence-electron chi connectivity index (χ1n) is 8.81. The van der Waals surface area contributed by atoms with Gasteiger partial charge in [-0.05, 0) is 37.5 Å². The number of aliphatic hydroxyl groups excluding tert-OH is 1. The van der Waals surface area contributed by atoms with E-state index in [0.717, 1.165) is 28.1 Å². The van der Waals surface area contributed by atoms with Gasteiger partial charge in [-0.15, -0.1) is 11.3 Å². The number of rotatable bonds is 5. The lowest BCUT2D eigenvalue weighted by molar-refractivity contribution is 0.296. The molecule has 2 N–H and O–H groups in total. The van der Waals surface area contributed by atoms with Crippen molar-refractivity contribution in [3.05, 3.63) is 70.9 Å². The maximum absolute atomic E-state index is 10.5. The number of para-hydroxylation sites is 1. The molecule has 1 aromatic heterocycles. The van der Waals surface area contributed by atoms with E-state index in [-0.39, 0.29) is 11.8 Å². The van der Waals surface area contributed by atoms with E-state index in [1.54, 1.807) is 0 Å². The largest absolute Gasteiger partial charge is 0.510 e. The Labute approximate surface area is 156 Å². The van der Waals surface area contributed by atoms with Gasteiger partial charge >= 0.3 is 0 Å². The van der Waals surface area contributed by atoms with Crippen LogP contribution in [0.25, 0.3) is 15.8 Å². The quantitative estimate of drug-likeness (QED) is 0.679. The highest BCUT2D eigenvalue weighted by Crippen LogP contribution is 2.34. The predicted molar refractivity (Wildman–Crippen MR) is 108 cm³/mol. The van der Waals surface area contributed by atoms with Crippen molar-refractivity contribution in [1.82, 2.24) is 9.88 Å². The van der Waals surface area contributed by atoms with Crippen LogP contribution in [0.15, 0.2) is 60.4 Å². The number of fused-ring (bicyclic) bond motifs is 1. The molecule has 4 rings (SSSR count). The number of hydrogen-bond donors (Lipinski definition) is 2. The van der Waals surface area contributed by atoms with Gasteiger partial charge in [-0.25, -0.2) is 4.98 Å². The molecule has 1 atom stereocenters. The van der Waals surface area contributed by atoms with Gasteiger partial charge in [-0.1, -0.05) is 42.5 Å². The van der Waals surface area contributed by atoms with Gasteiger partial charge in [0.1, 0.15) is 16.6 Å². The Hall–Kier alpha value is -2.66. The molecule has 1 aliphatic rings. The number of aryl methyl sites for hydroxylation is 1. The summed E-state index contributed by atoms with van der Waals surface area (Å²) < 4.78 is 1.08. The number of hydrogen-bond acceptors (Lipinski definition) is 4. The van der Waals surface area contributed by atoms with Gasteiger partial charge in [0, 0.05) is 6.04 Å². The second-order valence-electron chi connectivity index (χ2n) is 6.66. The first-order valence-corrected chi connectivity index (χ1v) is 9.62. The van der Waals surface area contributed by atoms with Crippen LogP contribution >= 0.6 is 11.3 Å². The van der Waals surface area contributed by atoms with Crippen LogP contribution in [-0.4, -0.2) is 33.4 Å². The van der Waals surface area contributed by atoms with Crippen molar-refractivity contribution in [2.45, 2.75) is 25.8 Å². The van der Waals surface area contributed by atoms with Crippen molar-refractivity contribution < 1.29 is 5.11 Å². The highest BCUT2D eigenvalue weighted by atomic mass is 32.1. The summed E-state index contributed by atoms with van der Waals surface area (Å²) in [5.74, 6) is 0.628. The third kappa shape index (κ3) is 3.10. The van der Waals surface area contributed by atoms with Crippen molar-refractivity contribution in [2.24, 2.45) is 0 Å². The van der Waals surface area contributed by atoms with Crippen molar-refractivity contribution in [1.29, 1.82) is 5.41 Å². The number of benzene rings is 2. The van der Waals surface area contributed by atoms with Gasteiger partial charge in [0.05, 0.1) is 22.3 Å². The first-order chi connectivity index (χ1) is 12.6. The number of nitrogens with zero attached hydrogens (tertiary/aromatic N) is 2. The van der Waals surface area contributed by atoms with Crippen molar-refractivity contribution >= 4 is 33.0 Å². The fourth-order valence-electron chi connectivity index (χ4n) is 3.36. The molecule has 0 fully saturated rings. The van der Waals surface area contributed by atoms with Crippen LogP contribution < -0.4 is 0 Å². The third-order valence-electron chi connectivity index (χ3n) is 4.87. The molecule has 5 heteroatoms. The lowest BCUT2D eigenvalue weighted by Gasteiger charge is -2.26. The van der Waals surface area contributed by atoms with Gasteiger partial charge in [-0.3, -0.25) is 5.41 Å². The number of thiazole rings is 1. The van der Waals surface area contributed by atoms with E-state index < -0.39 is 0 Å². The zero-order valence-electron chi connectivity index (χ0n) is 14.6. The maximum Gasteiger partial charge on any atom is 0.135 e. The molecule has 0 radical (unpaired) electrons. The topological polar surface area (TPSA) is 60.2 Å². The summed E-state index contributed by atoms with van der Waals surface area (Å²) in [6, 6.07) is 18.5. The van der Waals surface area contributed by atoms with Gasteiger partial charge < -0.3 is 10.0 Å². The summed E-state index contributed by atoms with van der Waals surface area (Å²) >= 11 is 1.53. The Morgan fingerprint density at radius 2 is 1.88 bits per heavy atom. The zero-order valence-corrected chi connectivity index (χ0v) is 15.5. The summed E-state index contributed by atoms with van der Waals surface area (Å²) in [4.78, 5) is 6.59. The summed E-state index contributed by atoms with van der Waals surface area (Å²) in [5.41, 5.74) is 2.79. The predicted octanol–water partition coefficient (Wildman–Crippen LogP) is 4.88. The molecule has 0 saturated heterocycles. The molecule has 2 aromatic carbocycles. The minimum atomic E-state index is 0.178. The Balaban J connectivity index is 1.50. The molecule has 4 nitrogen and oxygen atoms in total. The zero-order chi connectivity index (χ0) is 18.1. The third-order valence-corrected chi connectivity index (χ3v) is 5.92. The van der Waals surface area contributed by atoms with Crippen LogP contribution in [0.2, 0.25) is 0 Å². The van der Waals surface area contributed by atoms with E-state index in [4.69, 9.17) is 5.41 Å². The van der Waals surface area contributed by atoms with E-state index in [1.807, 2.05) is 35.2 Å². The van der Waals surface area contributed by atoms with Gasteiger partial charge in [0.25, 0.3) is 0 Å².